The number of benzene rings is 1. The summed E-state index contributed by atoms with van der Waals surface area (Å²) >= 11 is 0. The minimum atomic E-state index is -0.0722. The summed E-state index contributed by atoms with van der Waals surface area (Å²) < 4.78 is 5.43. The molecule has 4 nitrogen and oxygen atoms in total. The molecule has 0 spiro atoms. The van der Waals surface area contributed by atoms with Gasteiger partial charge in [-0.05, 0) is 36.9 Å². The Morgan fingerprint density at radius 3 is 2.85 bits per heavy atom. The van der Waals surface area contributed by atoms with E-state index >= 15 is 0 Å². The van der Waals surface area contributed by atoms with Crippen molar-refractivity contribution in [2.45, 2.75) is 32.7 Å². The molecule has 1 saturated heterocycles. The van der Waals surface area contributed by atoms with E-state index < -0.39 is 0 Å². The van der Waals surface area contributed by atoms with E-state index in [1.54, 1.807) is 0 Å². The lowest BCUT2D eigenvalue weighted by molar-refractivity contribution is -0.123. The molecule has 1 amide bonds. The third kappa shape index (κ3) is 4.23. The predicted octanol–water partition coefficient (Wildman–Crippen LogP) is 1.96. The SMILES string of the molecule is CC1(C)CCCNC1CNC(=O)COc1ccccc1. The van der Waals surface area contributed by atoms with Gasteiger partial charge in [-0.2, -0.15) is 0 Å². The van der Waals surface area contributed by atoms with Crippen LogP contribution in [0.4, 0.5) is 0 Å². The van der Waals surface area contributed by atoms with Crippen LogP contribution in [0.1, 0.15) is 26.7 Å². The van der Waals surface area contributed by atoms with Gasteiger partial charge in [-0.15, -0.1) is 0 Å². The Morgan fingerprint density at radius 1 is 1.40 bits per heavy atom. The Morgan fingerprint density at radius 2 is 2.15 bits per heavy atom. The van der Waals surface area contributed by atoms with Gasteiger partial charge in [0.15, 0.2) is 6.61 Å². The fourth-order valence-corrected chi connectivity index (χ4v) is 2.55. The number of hydrogen-bond acceptors (Lipinski definition) is 3. The minimum Gasteiger partial charge on any atom is -0.484 e. The van der Waals surface area contributed by atoms with Crippen LogP contribution in [0.2, 0.25) is 0 Å². The van der Waals surface area contributed by atoms with Crippen LogP contribution in [0.5, 0.6) is 5.75 Å². The van der Waals surface area contributed by atoms with Crippen molar-refractivity contribution in [3.63, 3.8) is 0 Å². The van der Waals surface area contributed by atoms with E-state index in [9.17, 15) is 4.79 Å². The molecule has 0 bridgehead atoms. The molecule has 0 radical (unpaired) electrons. The van der Waals surface area contributed by atoms with Crippen LogP contribution in [0.3, 0.4) is 0 Å². The summed E-state index contributed by atoms with van der Waals surface area (Å²) in [6, 6.07) is 9.72. The van der Waals surface area contributed by atoms with Gasteiger partial charge in [-0.25, -0.2) is 0 Å². The van der Waals surface area contributed by atoms with Gasteiger partial charge in [0.1, 0.15) is 5.75 Å². The van der Waals surface area contributed by atoms with Crippen molar-refractivity contribution in [2.24, 2.45) is 5.41 Å². The summed E-state index contributed by atoms with van der Waals surface area (Å²) in [5.74, 6) is 0.649. The Labute approximate surface area is 120 Å². The van der Waals surface area contributed by atoms with Crippen LogP contribution in [-0.4, -0.2) is 31.6 Å². The van der Waals surface area contributed by atoms with Crippen LogP contribution >= 0.6 is 0 Å². The predicted molar refractivity (Wildman–Crippen MR) is 79.8 cm³/mol. The van der Waals surface area contributed by atoms with Crippen molar-refractivity contribution in [1.29, 1.82) is 0 Å². The van der Waals surface area contributed by atoms with E-state index in [0.717, 1.165) is 12.3 Å². The number of ether oxygens (including phenoxy) is 1. The van der Waals surface area contributed by atoms with Gasteiger partial charge < -0.3 is 15.4 Å². The molecule has 1 heterocycles. The van der Waals surface area contributed by atoms with Crippen LogP contribution < -0.4 is 15.4 Å². The highest BCUT2D eigenvalue weighted by atomic mass is 16.5. The zero-order chi connectivity index (χ0) is 14.4. The third-order valence-electron chi connectivity index (χ3n) is 3.95. The molecule has 0 saturated carbocycles. The number of nitrogens with one attached hydrogen (secondary N) is 2. The molecule has 1 atom stereocenters. The number of hydrogen-bond donors (Lipinski definition) is 2. The first-order valence-corrected chi connectivity index (χ1v) is 7.26. The summed E-state index contributed by atoms with van der Waals surface area (Å²) in [4.78, 5) is 11.8. The Kier molecular flexibility index (Phi) is 5.01. The van der Waals surface area contributed by atoms with Crippen LogP contribution in [0, 0.1) is 5.41 Å². The zero-order valence-electron chi connectivity index (χ0n) is 12.3. The Balaban J connectivity index is 1.72. The Hall–Kier alpha value is -1.55. The van der Waals surface area contributed by atoms with Crippen LogP contribution in [0.25, 0.3) is 0 Å². The second-order valence-corrected chi connectivity index (χ2v) is 6.00. The van der Waals surface area contributed by atoms with Crippen LogP contribution in [0.15, 0.2) is 30.3 Å². The molecular formula is C16H24N2O2. The van der Waals surface area contributed by atoms with E-state index in [0.29, 0.717) is 12.6 Å². The van der Waals surface area contributed by atoms with E-state index in [1.165, 1.54) is 12.8 Å². The molecule has 0 aromatic heterocycles. The van der Waals surface area contributed by atoms with Crippen molar-refractivity contribution in [1.82, 2.24) is 10.6 Å². The molecule has 2 rings (SSSR count). The molecule has 2 N–H and O–H groups in total. The van der Waals surface area contributed by atoms with E-state index in [4.69, 9.17) is 4.74 Å². The Bertz CT molecular complexity index is 431. The molecule has 1 aromatic carbocycles. The lowest BCUT2D eigenvalue weighted by Gasteiger charge is -2.39. The van der Waals surface area contributed by atoms with Gasteiger partial charge in [0.05, 0.1) is 0 Å². The monoisotopic (exact) mass is 276 g/mol. The van der Waals surface area contributed by atoms with Crippen molar-refractivity contribution in [2.75, 3.05) is 19.7 Å². The molecular weight excluding hydrogens is 252 g/mol. The molecule has 4 heteroatoms. The lowest BCUT2D eigenvalue weighted by atomic mass is 9.77. The number of para-hydroxylation sites is 1. The highest BCUT2D eigenvalue weighted by Gasteiger charge is 2.31. The van der Waals surface area contributed by atoms with Gasteiger partial charge in [0, 0.05) is 12.6 Å². The number of carbonyl (C=O) groups is 1. The second-order valence-electron chi connectivity index (χ2n) is 6.00. The molecule has 0 aliphatic carbocycles. The summed E-state index contributed by atoms with van der Waals surface area (Å²) in [6.07, 6.45) is 2.40. The number of carbonyl (C=O) groups excluding carboxylic acids is 1. The third-order valence-corrected chi connectivity index (χ3v) is 3.95. The summed E-state index contributed by atoms with van der Waals surface area (Å²) in [5, 5.41) is 6.43. The van der Waals surface area contributed by atoms with Crippen molar-refractivity contribution >= 4 is 5.91 Å². The molecule has 20 heavy (non-hydrogen) atoms. The topological polar surface area (TPSA) is 50.4 Å². The summed E-state index contributed by atoms with van der Waals surface area (Å²) in [5.41, 5.74) is 0.228. The number of amides is 1. The molecule has 1 aliphatic rings. The van der Waals surface area contributed by atoms with Gasteiger partial charge in [-0.1, -0.05) is 32.0 Å². The summed E-state index contributed by atoms with van der Waals surface area (Å²) in [6.45, 7) is 6.25. The van der Waals surface area contributed by atoms with Gasteiger partial charge in [0.25, 0.3) is 5.91 Å². The molecule has 110 valence electrons. The minimum absolute atomic E-state index is 0.0666. The maximum absolute atomic E-state index is 11.8. The maximum atomic E-state index is 11.8. The lowest BCUT2D eigenvalue weighted by Crippen LogP contribution is -2.53. The second kappa shape index (κ2) is 6.75. The average Bonchev–Trinajstić information content (AvgIpc) is 2.44. The van der Waals surface area contributed by atoms with E-state index in [1.807, 2.05) is 30.3 Å². The van der Waals surface area contributed by atoms with Crippen molar-refractivity contribution in [3.8, 4) is 5.75 Å². The first-order chi connectivity index (χ1) is 9.58. The standard InChI is InChI=1S/C16H24N2O2/c1-16(2)9-6-10-17-14(16)11-18-15(19)12-20-13-7-4-3-5-8-13/h3-5,7-8,14,17H,6,9-12H2,1-2H3,(H,18,19). The zero-order valence-corrected chi connectivity index (χ0v) is 12.3. The molecule has 1 aliphatic heterocycles. The van der Waals surface area contributed by atoms with E-state index in [-0.39, 0.29) is 17.9 Å². The smallest absolute Gasteiger partial charge is 0.257 e. The van der Waals surface area contributed by atoms with Gasteiger partial charge in [-0.3, -0.25) is 4.79 Å². The van der Waals surface area contributed by atoms with Gasteiger partial charge in [0.2, 0.25) is 0 Å². The highest BCUT2D eigenvalue weighted by Crippen LogP contribution is 2.29. The fraction of sp³-hybridized carbons (Fsp3) is 0.562. The van der Waals surface area contributed by atoms with Gasteiger partial charge >= 0.3 is 0 Å². The first kappa shape index (κ1) is 14.9. The molecule has 1 aromatic rings. The normalized spacial score (nSPS) is 21.2. The fourth-order valence-electron chi connectivity index (χ4n) is 2.55. The quantitative estimate of drug-likeness (QED) is 0.864. The maximum Gasteiger partial charge on any atom is 0.257 e. The van der Waals surface area contributed by atoms with Crippen LogP contribution in [-0.2, 0) is 4.79 Å². The average molecular weight is 276 g/mol. The molecule has 1 unspecified atom stereocenters. The summed E-state index contributed by atoms with van der Waals surface area (Å²) in [7, 11) is 0. The van der Waals surface area contributed by atoms with Crippen molar-refractivity contribution in [3.05, 3.63) is 30.3 Å². The largest absolute Gasteiger partial charge is 0.484 e. The first-order valence-electron chi connectivity index (χ1n) is 7.26. The van der Waals surface area contributed by atoms with E-state index in [2.05, 4.69) is 24.5 Å². The number of rotatable bonds is 5. The highest BCUT2D eigenvalue weighted by molar-refractivity contribution is 5.77. The number of piperidine rings is 1. The molecule has 1 fully saturated rings. The van der Waals surface area contributed by atoms with Crippen molar-refractivity contribution < 1.29 is 9.53 Å².